The van der Waals surface area contributed by atoms with Gasteiger partial charge < -0.3 is 5.32 Å². The quantitative estimate of drug-likeness (QED) is 0.796. The number of anilines is 1. The summed E-state index contributed by atoms with van der Waals surface area (Å²) in [5.41, 5.74) is 0.946. The Bertz CT molecular complexity index is 525. The molecule has 1 aromatic carbocycles. The molecule has 0 unspecified atom stereocenters. The largest absolute Gasteiger partial charge is 0.369 e. The highest BCUT2D eigenvalue weighted by atomic mass is 15.0. The van der Waals surface area contributed by atoms with E-state index in [0.29, 0.717) is 6.42 Å². The van der Waals surface area contributed by atoms with Gasteiger partial charge in [0, 0.05) is 18.4 Å². The first kappa shape index (κ1) is 11.3. The summed E-state index contributed by atoms with van der Waals surface area (Å²) in [4.78, 5) is 8.44. The van der Waals surface area contributed by atoms with Crippen LogP contribution in [0.15, 0.2) is 30.6 Å². The van der Waals surface area contributed by atoms with E-state index in [9.17, 15) is 0 Å². The third kappa shape index (κ3) is 2.91. The van der Waals surface area contributed by atoms with Crippen LogP contribution < -0.4 is 5.32 Å². The molecule has 4 nitrogen and oxygen atoms in total. The van der Waals surface area contributed by atoms with Crippen LogP contribution in [-0.2, 0) is 0 Å². The van der Waals surface area contributed by atoms with Crippen molar-refractivity contribution in [3.63, 3.8) is 0 Å². The van der Waals surface area contributed by atoms with Crippen molar-refractivity contribution in [2.75, 3.05) is 11.9 Å². The summed E-state index contributed by atoms with van der Waals surface area (Å²) in [6.45, 7) is 0.836. The molecule has 2 rings (SSSR count). The van der Waals surface area contributed by atoms with Gasteiger partial charge in [-0.05, 0) is 25.0 Å². The maximum atomic E-state index is 8.43. The maximum absolute atomic E-state index is 8.43. The summed E-state index contributed by atoms with van der Waals surface area (Å²) < 4.78 is 0. The Balaban J connectivity index is 2.01. The van der Waals surface area contributed by atoms with E-state index in [2.05, 4.69) is 21.4 Å². The summed E-state index contributed by atoms with van der Waals surface area (Å²) in [6, 6.07) is 10.1. The molecule has 0 amide bonds. The number of hydrogen-bond acceptors (Lipinski definition) is 4. The highest BCUT2D eigenvalue weighted by Crippen LogP contribution is 2.18. The minimum atomic E-state index is 0.617. The Morgan fingerprint density at radius 2 is 2.06 bits per heavy atom. The lowest BCUT2D eigenvalue weighted by atomic mass is 10.2. The zero-order valence-corrected chi connectivity index (χ0v) is 9.56. The van der Waals surface area contributed by atoms with Crippen LogP contribution in [0.5, 0.6) is 0 Å². The first-order chi connectivity index (χ1) is 8.42. The Morgan fingerprint density at radius 3 is 2.94 bits per heavy atom. The number of hydrogen-bond donors (Lipinski definition) is 1. The average molecular weight is 226 g/mol. The molecule has 2 aromatic rings. The van der Waals surface area contributed by atoms with Gasteiger partial charge in [-0.1, -0.05) is 12.1 Å². The predicted octanol–water partition coefficient (Wildman–Crippen LogP) is 2.74. The SMILES string of the molecule is N#CCCCCNc1ncnc2ccccc12. The number of fused-ring (bicyclic) bond motifs is 1. The zero-order chi connectivity index (χ0) is 11.9. The molecule has 0 bridgehead atoms. The molecule has 0 aliphatic heterocycles. The fraction of sp³-hybridized carbons (Fsp3) is 0.308. The van der Waals surface area contributed by atoms with Crippen LogP contribution in [0.4, 0.5) is 5.82 Å². The molecule has 0 spiro atoms. The minimum absolute atomic E-state index is 0.617. The standard InChI is InChI=1S/C13H14N4/c14-8-4-1-5-9-15-13-11-6-2-3-7-12(11)16-10-17-13/h2-3,6-7,10H,1,4-5,9H2,(H,15,16,17). The van der Waals surface area contributed by atoms with Crippen molar-refractivity contribution >= 4 is 16.7 Å². The normalized spacial score (nSPS) is 10.1. The number of para-hydroxylation sites is 1. The Labute approximate surface area is 100 Å². The molecule has 1 N–H and O–H groups in total. The van der Waals surface area contributed by atoms with Gasteiger partial charge in [-0.25, -0.2) is 9.97 Å². The molecule has 1 heterocycles. The lowest BCUT2D eigenvalue weighted by Crippen LogP contribution is -2.04. The van der Waals surface area contributed by atoms with Gasteiger partial charge in [-0.15, -0.1) is 0 Å². The van der Waals surface area contributed by atoms with E-state index < -0.39 is 0 Å². The van der Waals surface area contributed by atoms with E-state index in [1.165, 1.54) is 0 Å². The van der Waals surface area contributed by atoms with Crippen LogP contribution in [0.2, 0.25) is 0 Å². The maximum Gasteiger partial charge on any atom is 0.137 e. The molecule has 86 valence electrons. The van der Waals surface area contributed by atoms with Crippen molar-refractivity contribution in [2.45, 2.75) is 19.3 Å². The van der Waals surface area contributed by atoms with Gasteiger partial charge in [0.25, 0.3) is 0 Å². The Hall–Kier alpha value is -2.15. The molecule has 0 saturated heterocycles. The summed E-state index contributed by atoms with van der Waals surface area (Å²) in [6.07, 6.45) is 4.09. The van der Waals surface area contributed by atoms with Crippen LogP contribution >= 0.6 is 0 Å². The van der Waals surface area contributed by atoms with Crippen LogP contribution in [0, 0.1) is 11.3 Å². The molecule has 0 saturated carbocycles. The molecule has 0 aliphatic carbocycles. The van der Waals surface area contributed by atoms with Gasteiger partial charge in [0.05, 0.1) is 11.6 Å². The molecule has 17 heavy (non-hydrogen) atoms. The third-order valence-corrected chi connectivity index (χ3v) is 2.55. The number of rotatable bonds is 5. The van der Waals surface area contributed by atoms with Crippen molar-refractivity contribution in [3.8, 4) is 6.07 Å². The van der Waals surface area contributed by atoms with Gasteiger partial charge >= 0.3 is 0 Å². The van der Waals surface area contributed by atoms with Gasteiger partial charge in [0.15, 0.2) is 0 Å². The Morgan fingerprint density at radius 1 is 1.18 bits per heavy atom. The van der Waals surface area contributed by atoms with Crippen LogP contribution in [0.25, 0.3) is 10.9 Å². The number of aromatic nitrogens is 2. The molecule has 0 aliphatic rings. The van der Waals surface area contributed by atoms with E-state index >= 15 is 0 Å². The Kier molecular flexibility index (Phi) is 3.87. The molecule has 0 atom stereocenters. The summed E-state index contributed by atoms with van der Waals surface area (Å²) in [5, 5.41) is 12.8. The summed E-state index contributed by atoms with van der Waals surface area (Å²) in [7, 11) is 0. The van der Waals surface area contributed by atoms with Gasteiger partial charge in [0.1, 0.15) is 12.1 Å². The first-order valence-electron chi connectivity index (χ1n) is 5.72. The summed E-state index contributed by atoms with van der Waals surface area (Å²) >= 11 is 0. The zero-order valence-electron chi connectivity index (χ0n) is 9.56. The highest BCUT2D eigenvalue weighted by Gasteiger charge is 2.01. The molecule has 1 aromatic heterocycles. The summed E-state index contributed by atoms with van der Waals surface area (Å²) in [5.74, 6) is 0.868. The van der Waals surface area contributed by atoms with Crippen molar-refractivity contribution in [1.82, 2.24) is 9.97 Å². The van der Waals surface area contributed by atoms with Crippen molar-refractivity contribution in [2.24, 2.45) is 0 Å². The smallest absolute Gasteiger partial charge is 0.137 e. The molecular weight excluding hydrogens is 212 g/mol. The number of nitriles is 1. The van der Waals surface area contributed by atoms with E-state index in [0.717, 1.165) is 36.1 Å². The second-order valence-electron chi connectivity index (χ2n) is 3.78. The van der Waals surface area contributed by atoms with Crippen molar-refractivity contribution in [3.05, 3.63) is 30.6 Å². The molecule has 0 fully saturated rings. The van der Waals surface area contributed by atoms with Crippen LogP contribution in [-0.4, -0.2) is 16.5 Å². The molecular formula is C13H14N4. The molecule has 4 heteroatoms. The second-order valence-corrected chi connectivity index (χ2v) is 3.78. The lowest BCUT2D eigenvalue weighted by molar-refractivity contribution is 0.783. The average Bonchev–Trinajstić information content (AvgIpc) is 2.39. The number of benzene rings is 1. The minimum Gasteiger partial charge on any atom is -0.369 e. The van der Waals surface area contributed by atoms with Crippen molar-refractivity contribution in [1.29, 1.82) is 5.26 Å². The van der Waals surface area contributed by atoms with E-state index in [-0.39, 0.29) is 0 Å². The fourth-order valence-corrected chi connectivity index (χ4v) is 1.68. The van der Waals surface area contributed by atoms with Crippen LogP contribution in [0.1, 0.15) is 19.3 Å². The third-order valence-electron chi connectivity index (χ3n) is 2.55. The first-order valence-corrected chi connectivity index (χ1v) is 5.72. The fourth-order valence-electron chi connectivity index (χ4n) is 1.68. The van der Waals surface area contributed by atoms with E-state index in [1.54, 1.807) is 6.33 Å². The van der Waals surface area contributed by atoms with Crippen molar-refractivity contribution < 1.29 is 0 Å². The number of nitrogens with one attached hydrogen (secondary N) is 1. The topological polar surface area (TPSA) is 61.6 Å². The predicted molar refractivity (Wildman–Crippen MR) is 67.5 cm³/mol. The van der Waals surface area contributed by atoms with Gasteiger partial charge in [0.2, 0.25) is 0 Å². The van der Waals surface area contributed by atoms with Crippen LogP contribution in [0.3, 0.4) is 0 Å². The van der Waals surface area contributed by atoms with Gasteiger partial charge in [-0.3, -0.25) is 0 Å². The number of unbranched alkanes of at least 4 members (excludes halogenated alkanes) is 2. The lowest BCUT2D eigenvalue weighted by Gasteiger charge is -2.07. The monoisotopic (exact) mass is 226 g/mol. The van der Waals surface area contributed by atoms with Gasteiger partial charge in [-0.2, -0.15) is 5.26 Å². The van der Waals surface area contributed by atoms with E-state index in [1.807, 2.05) is 24.3 Å². The highest BCUT2D eigenvalue weighted by molar-refractivity contribution is 5.88. The molecule has 0 radical (unpaired) electrons. The van der Waals surface area contributed by atoms with E-state index in [4.69, 9.17) is 5.26 Å². The number of nitrogens with zero attached hydrogens (tertiary/aromatic N) is 3. The second kappa shape index (κ2) is 5.80.